The maximum atomic E-state index is 6.34. The zero-order valence-electron chi connectivity index (χ0n) is 18.2. The van der Waals surface area contributed by atoms with Crippen LogP contribution in [-0.2, 0) is 6.54 Å². The van der Waals surface area contributed by atoms with Crippen molar-refractivity contribution in [2.24, 2.45) is 0 Å². The summed E-state index contributed by atoms with van der Waals surface area (Å²) in [4.78, 5) is 8.92. The molecule has 8 nitrogen and oxygen atoms in total. The van der Waals surface area contributed by atoms with Crippen molar-refractivity contribution in [2.75, 3.05) is 0 Å². The van der Waals surface area contributed by atoms with Crippen LogP contribution in [0.3, 0.4) is 0 Å². The highest BCUT2D eigenvalue weighted by Crippen LogP contribution is 2.33. The Morgan fingerprint density at radius 2 is 1.51 bits per heavy atom. The van der Waals surface area contributed by atoms with Gasteiger partial charge in [-0.2, -0.15) is 0 Å². The van der Waals surface area contributed by atoms with Gasteiger partial charge in [0.05, 0.1) is 6.54 Å². The molecule has 0 atom stereocenters. The van der Waals surface area contributed by atoms with Crippen molar-refractivity contribution in [1.29, 1.82) is 0 Å². The third-order valence-corrected chi connectivity index (χ3v) is 6.72. The summed E-state index contributed by atoms with van der Waals surface area (Å²) in [6.45, 7) is 0.454. The third kappa shape index (κ3) is 4.16. The lowest BCUT2D eigenvalue weighted by atomic mass is 10.2. The summed E-state index contributed by atoms with van der Waals surface area (Å²) in [6, 6.07) is 27.6. The zero-order valence-corrected chi connectivity index (χ0v) is 19.8. The second kappa shape index (κ2) is 9.28. The molecule has 3 aromatic heterocycles. The standard InChI is InChI=1S/C25H17ClN8S/c26-20-14-8-7-11-18(20)15-33-23-21(29-32-33)24(28-16-27-23)35-25-31-30-22(17-9-3-1-4-10-17)34(25)19-12-5-2-6-13-19/h1-14,16H,15H2. The van der Waals surface area contributed by atoms with Crippen LogP contribution < -0.4 is 0 Å². The Labute approximate surface area is 209 Å². The average Bonchev–Trinajstić information content (AvgIpc) is 3.51. The lowest BCUT2D eigenvalue weighted by molar-refractivity contribution is 0.664. The fourth-order valence-electron chi connectivity index (χ4n) is 3.75. The molecule has 0 radical (unpaired) electrons. The van der Waals surface area contributed by atoms with Gasteiger partial charge >= 0.3 is 0 Å². The van der Waals surface area contributed by atoms with Gasteiger partial charge in [0.1, 0.15) is 11.4 Å². The second-order valence-corrected chi connectivity index (χ2v) is 9.00. The predicted octanol–water partition coefficient (Wildman–Crippen LogP) is 5.32. The van der Waals surface area contributed by atoms with E-state index in [0.717, 1.165) is 22.6 Å². The number of hydrogen-bond donors (Lipinski definition) is 0. The second-order valence-electron chi connectivity index (χ2n) is 7.63. The number of benzene rings is 3. The van der Waals surface area contributed by atoms with Gasteiger partial charge < -0.3 is 0 Å². The fourth-order valence-corrected chi connectivity index (χ4v) is 4.81. The summed E-state index contributed by atoms with van der Waals surface area (Å²) >= 11 is 7.72. The van der Waals surface area contributed by atoms with E-state index in [4.69, 9.17) is 11.6 Å². The minimum atomic E-state index is 0.454. The van der Waals surface area contributed by atoms with Gasteiger partial charge in [-0.15, -0.1) is 15.3 Å². The first-order valence-electron chi connectivity index (χ1n) is 10.8. The molecule has 0 fully saturated rings. The van der Waals surface area contributed by atoms with Crippen molar-refractivity contribution in [1.82, 2.24) is 39.7 Å². The lowest BCUT2D eigenvalue weighted by Gasteiger charge is -2.10. The monoisotopic (exact) mass is 496 g/mol. The number of para-hydroxylation sites is 1. The van der Waals surface area contributed by atoms with Gasteiger partial charge in [0.15, 0.2) is 17.0 Å². The van der Waals surface area contributed by atoms with Gasteiger partial charge in [0, 0.05) is 16.3 Å². The van der Waals surface area contributed by atoms with Gasteiger partial charge in [-0.3, -0.25) is 4.57 Å². The van der Waals surface area contributed by atoms with Crippen LogP contribution in [0.5, 0.6) is 0 Å². The molecular formula is C25H17ClN8S. The topological polar surface area (TPSA) is 87.2 Å². The minimum absolute atomic E-state index is 0.454. The van der Waals surface area contributed by atoms with Crippen LogP contribution in [0.2, 0.25) is 5.02 Å². The average molecular weight is 497 g/mol. The fraction of sp³-hybridized carbons (Fsp3) is 0.0400. The van der Waals surface area contributed by atoms with E-state index in [1.165, 1.54) is 18.1 Å². The van der Waals surface area contributed by atoms with E-state index in [9.17, 15) is 0 Å². The van der Waals surface area contributed by atoms with Crippen molar-refractivity contribution in [3.8, 4) is 17.1 Å². The first kappa shape index (κ1) is 21.5. The van der Waals surface area contributed by atoms with Crippen LogP contribution in [0.15, 0.2) is 101 Å². The van der Waals surface area contributed by atoms with Crippen LogP contribution in [0.25, 0.3) is 28.2 Å². The van der Waals surface area contributed by atoms with E-state index in [1.54, 1.807) is 4.68 Å². The molecule has 0 spiro atoms. The summed E-state index contributed by atoms with van der Waals surface area (Å²) in [5, 5.41) is 19.7. The highest BCUT2D eigenvalue weighted by molar-refractivity contribution is 7.99. The number of rotatable bonds is 6. The Kier molecular flexibility index (Phi) is 5.69. The Hall–Kier alpha value is -4.08. The summed E-state index contributed by atoms with van der Waals surface area (Å²) in [7, 11) is 0. The molecule has 0 amide bonds. The number of aromatic nitrogens is 8. The number of hydrogen-bond acceptors (Lipinski definition) is 7. The van der Waals surface area contributed by atoms with E-state index < -0.39 is 0 Å². The molecule has 0 bridgehead atoms. The Morgan fingerprint density at radius 1 is 0.771 bits per heavy atom. The largest absolute Gasteiger partial charge is 0.270 e. The van der Waals surface area contributed by atoms with Crippen molar-refractivity contribution >= 4 is 34.5 Å². The van der Waals surface area contributed by atoms with Crippen molar-refractivity contribution < 1.29 is 0 Å². The summed E-state index contributed by atoms with van der Waals surface area (Å²) in [5.41, 5.74) is 4.07. The van der Waals surface area contributed by atoms with E-state index in [2.05, 4.69) is 30.5 Å². The molecule has 35 heavy (non-hydrogen) atoms. The molecule has 6 aromatic rings. The van der Waals surface area contributed by atoms with Crippen LogP contribution in [0.4, 0.5) is 0 Å². The highest BCUT2D eigenvalue weighted by Gasteiger charge is 2.20. The molecule has 0 unspecified atom stereocenters. The van der Waals surface area contributed by atoms with Gasteiger partial charge in [-0.05, 0) is 35.5 Å². The third-order valence-electron chi connectivity index (χ3n) is 5.41. The Morgan fingerprint density at radius 3 is 2.31 bits per heavy atom. The first-order chi connectivity index (χ1) is 17.3. The zero-order chi connectivity index (χ0) is 23.6. The minimum Gasteiger partial charge on any atom is -0.270 e. The molecule has 10 heteroatoms. The molecule has 3 heterocycles. The SMILES string of the molecule is Clc1ccccc1Cn1nnc2c(Sc3nnc(-c4ccccc4)n3-c3ccccc3)ncnc21. The lowest BCUT2D eigenvalue weighted by Crippen LogP contribution is -2.03. The molecule has 170 valence electrons. The number of halogens is 1. The van der Waals surface area contributed by atoms with Crippen LogP contribution in [0, 0.1) is 0 Å². The van der Waals surface area contributed by atoms with Crippen molar-refractivity contribution in [2.45, 2.75) is 16.7 Å². The summed E-state index contributed by atoms with van der Waals surface area (Å²) < 4.78 is 3.74. The normalized spacial score (nSPS) is 11.2. The van der Waals surface area contributed by atoms with E-state index >= 15 is 0 Å². The molecule has 0 aliphatic heterocycles. The maximum absolute atomic E-state index is 6.34. The molecule has 0 aliphatic carbocycles. The molecule has 6 rings (SSSR count). The van der Waals surface area contributed by atoms with Gasteiger partial charge in [-0.25, -0.2) is 14.6 Å². The van der Waals surface area contributed by atoms with Crippen LogP contribution in [-0.4, -0.2) is 39.7 Å². The Balaban J connectivity index is 1.41. The predicted molar refractivity (Wildman–Crippen MR) is 135 cm³/mol. The van der Waals surface area contributed by atoms with Crippen LogP contribution in [0.1, 0.15) is 5.56 Å². The first-order valence-corrected chi connectivity index (χ1v) is 12.0. The molecule has 0 saturated heterocycles. The van der Waals surface area contributed by atoms with Gasteiger partial charge in [0.25, 0.3) is 0 Å². The molecule has 3 aromatic carbocycles. The summed E-state index contributed by atoms with van der Waals surface area (Å²) in [5.74, 6) is 0.743. The molecule has 0 N–H and O–H groups in total. The number of fused-ring (bicyclic) bond motifs is 1. The maximum Gasteiger partial charge on any atom is 0.202 e. The van der Waals surface area contributed by atoms with Crippen molar-refractivity contribution in [3.05, 3.63) is 102 Å². The summed E-state index contributed by atoms with van der Waals surface area (Å²) in [6.07, 6.45) is 1.51. The molecule has 0 aliphatic rings. The van der Waals surface area contributed by atoms with Crippen LogP contribution >= 0.6 is 23.4 Å². The van der Waals surface area contributed by atoms with E-state index in [1.807, 2.05) is 89.5 Å². The molecule has 0 saturated carbocycles. The van der Waals surface area contributed by atoms with E-state index in [0.29, 0.717) is 32.9 Å². The highest BCUT2D eigenvalue weighted by atomic mass is 35.5. The Bertz CT molecular complexity index is 1620. The van der Waals surface area contributed by atoms with Crippen molar-refractivity contribution in [3.63, 3.8) is 0 Å². The smallest absolute Gasteiger partial charge is 0.202 e. The van der Waals surface area contributed by atoms with Gasteiger partial charge in [-0.1, -0.05) is 83.5 Å². The van der Waals surface area contributed by atoms with Gasteiger partial charge in [0.2, 0.25) is 5.16 Å². The quantitative estimate of drug-likeness (QED) is 0.288. The van der Waals surface area contributed by atoms with E-state index in [-0.39, 0.29) is 0 Å². The number of nitrogens with zero attached hydrogens (tertiary/aromatic N) is 8. The molecular weight excluding hydrogens is 480 g/mol.